The highest BCUT2D eigenvalue weighted by Gasteiger charge is 2.21. The first kappa shape index (κ1) is 8.54. The summed E-state index contributed by atoms with van der Waals surface area (Å²) in [7, 11) is 1.36. The normalized spacial score (nSPS) is 12.5. The van der Waals surface area contributed by atoms with Crippen LogP contribution in [-0.4, -0.2) is 28.4 Å². The Morgan fingerprint density at radius 2 is 2.50 bits per heavy atom. The topological polar surface area (TPSA) is 92.8 Å². The predicted octanol–water partition coefficient (Wildman–Crippen LogP) is -0.199. The summed E-state index contributed by atoms with van der Waals surface area (Å²) in [6, 6.07) is 1.21. The molecule has 1 aromatic heterocycles. The number of rotatable bonds is 3. The molecule has 0 aliphatic heterocycles. The van der Waals surface area contributed by atoms with Crippen molar-refractivity contribution in [3.05, 3.63) is 11.8 Å². The van der Waals surface area contributed by atoms with Gasteiger partial charge in [-0.05, 0) is 5.16 Å². The molecule has 0 aromatic carbocycles. The third kappa shape index (κ3) is 1.54. The van der Waals surface area contributed by atoms with E-state index in [9.17, 15) is 4.79 Å². The van der Waals surface area contributed by atoms with Gasteiger partial charge in [0.25, 0.3) is 5.88 Å². The summed E-state index contributed by atoms with van der Waals surface area (Å²) in [6.45, 7) is 0. The number of aliphatic hydroxyl groups excluding tert-OH is 1. The van der Waals surface area contributed by atoms with E-state index in [2.05, 4.69) is 14.4 Å². The third-order valence-electron chi connectivity index (χ3n) is 1.22. The Hall–Kier alpha value is -1.56. The van der Waals surface area contributed by atoms with Crippen molar-refractivity contribution in [2.24, 2.45) is 0 Å². The molecule has 0 aliphatic carbocycles. The van der Waals surface area contributed by atoms with Crippen LogP contribution in [0.2, 0.25) is 0 Å². The average molecular weight is 173 g/mol. The molecule has 66 valence electrons. The van der Waals surface area contributed by atoms with E-state index in [1.165, 1.54) is 13.2 Å². The average Bonchev–Trinajstić information content (AvgIpc) is 2.50. The zero-order chi connectivity index (χ0) is 9.14. The summed E-state index contributed by atoms with van der Waals surface area (Å²) in [5, 5.41) is 20.6. The molecule has 0 saturated heterocycles. The summed E-state index contributed by atoms with van der Waals surface area (Å²) in [6.07, 6.45) is -1.69. The Kier molecular flexibility index (Phi) is 2.29. The molecule has 0 saturated carbocycles. The summed E-state index contributed by atoms with van der Waals surface area (Å²) in [5.74, 6) is -1.42. The number of aromatic nitrogens is 1. The summed E-state index contributed by atoms with van der Waals surface area (Å²) in [4.78, 5) is 10.2. The van der Waals surface area contributed by atoms with E-state index in [4.69, 9.17) is 10.2 Å². The summed E-state index contributed by atoms with van der Waals surface area (Å²) >= 11 is 0. The van der Waals surface area contributed by atoms with Gasteiger partial charge in [-0.3, -0.25) is 0 Å². The molecule has 0 radical (unpaired) electrons. The Morgan fingerprint density at radius 1 is 1.83 bits per heavy atom. The fourth-order valence-electron chi connectivity index (χ4n) is 0.619. The molecule has 0 amide bonds. The maximum atomic E-state index is 10.2. The number of carboxylic acids is 1. The number of carbonyl (C=O) groups is 1. The Morgan fingerprint density at radius 3 is 2.92 bits per heavy atom. The van der Waals surface area contributed by atoms with Crippen molar-refractivity contribution < 1.29 is 24.3 Å². The molecule has 1 aromatic rings. The molecule has 2 N–H and O–H groups in total. The fraction of sp³-hybridized carbons (Fsp3) is 0.333. The lowest BCUT2D eigenvalue weighted by atomic mass is 10.3. The molecular formula is C6H7NO5. The molecule has 1 rings (SSSR count). The van der Waals surface area contributed by atoms with Crippen molar-refractivity contribution in [1.82, 2.24) is 5.16 Å². The van der Waals surface area contributed by atoms with Crippen molar-refractivity contribution in [3.63, 3.8) is 0 Å². The lowest BCUT2D eigenvalue weighted by molar-refractivity contribution is -0.148. The molecule has 1 atom stereocenters. The molecule has 0 fully saturated rings. The van der Waals surface area contributed by atoms with Crippen LogP contribution in [0.15, 0.2) is 10.6 Å². The quantitative estimate of drug-likeness (QED) is 0.657. The van der Waals surface area contributed by atoms with Gasteiger partial charge in [-0.2, -0.15) is 0 Å². The smallest absolute Gasteiger partial charge is 0.340 e. The molecule has 0 spiro atoms. The summed E-state index contributed by atoms with van der Waals surface area (Å²) in [5.41, 5.74) is 0. The molecule has 1 heterocycles. The standard InChI is InChI=1S/C6H7NO5/c1-11-4-2-3(12-7-4)5(8)6(9)10/h2,5,8H,1H3,(H,9,10). The largest absolute Gasteiger partial charge is 0.479 e. The van der Waals surface area contributed by atoms with Crippen LogP contribution in [0.25, 0.3) is 0 Å². The first-order valence-corrected chi connectivity index (χ1v) is 3.06. The molecule has 6 nitrogen and oxygen atoms in total. The highest BCUT2D eigenvalue weighted by molar-refractivity contribution is 5.73. The van der Waals surface area contributed by atoms with E-state index in [0.717, 1.165) is 0 Å². The van der Waals surface area contributed by atoms with Crippen LogP contribution < -0.4 is 4.74 Å². The Bertz CT molecular complexity index is 281. The highest BCUT2D eigenvalue weighted by atomic mass is 16.5. The van der Waals surface area contributed by atoms with Gasteiger partial charge in [-0.1, -0.05) is 0 Å². The van der Waals surface area contributed by atoms with Gasteiger partial charge in [0, 0.05) is 6.07 Å². The van der Waals surface area contributed by atoms with E-state index in [1.807, 2.05) is 0 Å². The first-order chi connectivity index (χ1) is 5.65. The molecule has 1 unspecified atom stereocenters. The summed E-state index contributed by atoms with van der Waals surface area (Å²) < 4.78 is 9.09. The molecular weight excluding hydrogens is 166 g/mol. The van der Waals surface area contributed by atoms with Gasteiger partial charge in [0.2, 0.25) is 6.10 Å². The minimum absolute atomic E-state index is 0.130. The number of nitrogens with zero attached hydrogens (tertiary/aromatic N) is 1. The van der Waals surface area contributed by atoms with Gasteiger partial charge in [-0.15, -0.1) is 0 Å². The second kappa shape index (κ2) is 3.22. The van der Waals surface area contributed by atoms with E-state index in [1.54, 1.807) is 0 Å². The zero-order valence-electron chi connectivity index (χ0n) is 6.22. The van der Waals surface area contributed by atoms with Gasteiger partial charge in [-0.25, -0.2) is 4.79 Å². The van der Waals surface area contributed by atoms with Gasteiger partial charge in [0.15, 0.2) is 5.76 Å². The lowest BCUT2D eigenvalue weighted by Gasteiger charge is -1.96. The fourth-order valence-corrected chi connectivity index (χ4v) is 0.619. The van der Waals surface area contributed by atoms with Gasteiger partial charge in [0.1, 0.15) is 0 Å². The molecule has 12 heavy (non-hydrogen) atoms. The number of ether oxygens (including phenoxy) is 1. The number of carboxylic acid groups (broad SMARTS) is 1. The van der Waals surface area contributed by atoms with Crippen molar-refractivity contribution in [1.29, 1.82) is 0 Å². The van der Waals surface area contributed by atoms with Crippen LogP contribution in [0.1, 0.15) is 11.9 Å². The zero-order valence-corrected chi connectivity index (χ0v) is 6.22. The van der Waals surface area contributed by atoms with E-state index in [0.29, 0.717) is 0 Å². The molecule has 6 heteroatoms. The minimum Gasteiger partial charge on any atom is -0.479 e. The number of hydrogen-bond donors (Lipinski definition) is 2. The van der Waals surface area contributed by atoms with Crippen molar-refractivity contribution in [2.45, 2.75) is 6.10 Å². The Balaban J connectivity index is 2.81. The molecule has 0 bridgehead atoms. The van der Waals surface area contributed by atoms with Crippen LogP contribution >= 0.6 is 0 Å². The maximum absolute atomic E-state index is 10.2. The second-order valence-corrected chi connectivity index (χ2v) is 2.01. The van der Waals surface area contributed by atoms with E-state index >= 15 is 0 Å². The second-order valence-electron chi connectivity index (χ2n) is 2.01. The first-order valence-electron chi connectivity index (χ1n) is 3.06. The van der Waals surface area contributed by atoms with Crippen LogP contribution in [0.3, 0.4) is 0 Å². The van der Waals surface area contributed by atoms with Gasteiger partial charge < -0.3 is 19.5 Å². The van der Waals surface area contributed by atoms with Crippen LogP contribution in [0.4, 0.5) is 0 Å². The predicted molar refractivity (Wildman–Crippen MR) is 35.7 cm³/mol. The minimum atomic E-state index is -1.69. The van der Waals surface area contributed by atoms with E-state index < -0.39 is 12.1 Å². The number of aliphatic hydroxyl groups is 1. The highest BCUT2D eigenvalue weighted by Crippen LogP contribution is 2.17. The Labute approximate surface area is 67.4 Å². The lowest BCUT2D eigenvalue weighted by Crippen LogP contribution is -2.09. The van der Waals surface area contributed by atoms with Crippen molar-refractivity contribution >= 4 is 5.97 Å². The van der Waals surface area contributed by atoms with E-state index in [-0.39, 0.29) is 11.6 Å². The van der Waals surface area contributed by atoms with Crippen LogP contribution in [0, 0.1) is 0 Å². The third-order valence-corrected chi connectivity index (χ3v) is 1.22. The van der Waals surface area contributed by atoms with Crippen molar-refractivity contribution in [3.8, 4) is 5.88 Å². The maximum Gasteiger partial charge on any atom is 0.340 e. The SMILES string of the molecule is COc1cc(C(O)C(=O)O)on1. The van der Waals surface area contributed by atoms with Crippen molar-refractivity contribution in [2.75, 3.05) is 7.11 Å². The number of hydrogen-bond acceptors (Lipinski definition) is 5. The number of aliphatic carboxylic acids is 1. The van der Waals surface area contributed by atoms with Gasteiger partial charge in [0.05, 0.1) is 7.11 Å². The van der Waals surface area contributed by atoms with Crippen LogP contribution in [-0.2, 0) is 4.79 Å². The monoisotopic (exact) mass is 173 g/mol. The van der Waals surface area contributed by atoms with Gasteiger partial charge >= 0.3 is 5.97 Å². The number of methoxy groups -OCH3 is 1. The molecule has 0 aliphatic rings. The van der Waals surface area contributed by atoms with Crippen LogP contribution in [0.5, 0.6) is 5.88 Å².